The molecule has 2 aromatic rings. The Hall–Kier alpha value is -3.23. The molecule has 4 N–H and O–H groups in total. The molecular weight excluding hydrogens is 494 g/mol. The van der Waals surface area contributed by atoms with Crippen LogP contribution in [0.3, 0.4) is 0 Å². The van der Waals surface area contributed by atoms with Gasteiger partial charge >= 0.3 is 17.9 Å². The van der Waals surface area contributed by atoms with E-state index in [4.69, 9.17) is 10.5 Å². The van der Waals surface area contributed by atoms with E-state index in [1.807, 2.05) is 61.5 Å². The third-order valence-electron chi connectivity index (χ3n) is 7.98. The van der Waals surface area contributed by atoms with E-state index in [0.29, 0.717) is 38.0 Å². The summed E-state index contributed by atoms with van der Waals surface area (Å²) in [6, 6.07) is 16.6. The fourth-order valence-electron chi connectivity index (χ4n) is 5.50. The van der Waals surface area contributed by atoms with Gasteiger partial charge in [0, 0.05) is 16.9 Å². The highest BCUT2D eigenvalue weighted by atomic mass is 16.6. The van der Waals surface area contributed by atoms with Crippen LogP contribution in [0.2, 0.25) is 0 Å². The van der Waals surface area contributed by atoms with Crippen molar-refractivity contribution in [1.29, 1.82) is 0 Å². The highest BCUT2D eigenvalue weighted by Crippen LogP contribution is 2.38. The lowest BCUT2D eigenvalue weighted by molar-refractivity contribution is -0.788. The molecule has 0 radical (unpaired) electrons. The molecule has 4 rings (SSSR count). The van der Waals surface area contributed by atoms with E-state index in [-0.39, 0.29) is 13.1 Å². The second kappa shape index (κ2) is 13.2. The number of carbonyl (C=O) groups is 3. The number of aliphatic hydroxyl groups excluding tert-OH is 1. The molecule has 0 aromatic heterocycles. The Kier molecular flexibility index (Phi) is 9.75. The molecule has 1 aliphatic carbocycles. The van der Waals surface area contributed by atoms with E-state index in [0.717, 1.165) is 42.6 Å². The van der Waals surface area contributed by atoms with Crippen LogP contribution in [0.4, 0.5) is 16.2 Å². The molecule has 210 valence electrons. The summed E-state index contributed by atoms with van der Waals surface area (Å²) < 4.78 is 5.24. The van der Waals surface area contributed by atoms with Crippen LogP contribution in [0.15, 0.2) is 54.6 Å². The van der Waals surface area contributed by atoms with Crippen LogP contribution in [-0.4, -0.2) is 46.2 Å². The monoisotopic (exact) mass is 536 g/mol. The molecule has 3 amide bonds. The first-order valence-corrected chi connectivity index (χ1v) is 14.3. The number of hydrogen-bond donors (Lipinski definition) is 3. The molecule has 2 aliphatic rings. The number of benzene rings is 2. The Morgan fingerprint density at radius 1 is 1.08 bits per heavy atom. The number of amides is 3. The van der Waals surface area contributed by atoms with Gasteiger partial charge in [0.2, 0.25) is 6.10 Å². The maximum absolute atomic E-state index is 13.9. The summed E-state index contributed by atoms with van der Waals surface area (Å²) in [6.07, 6.45) is 4.65. The van der Waals surface area contributed by atoms with Gasteiger partial charge in [-0.15, -0.1) is 0 Å². The van der Waals surface area contributed by atoms with Crippen molar-refractivity contribution in [2.24, 2.45) is 17.6 Å². The van der Waals surface area contributed by atoms with E-state index in [2.05, 4.69) is 5.32 Å². The third kappa shape index (κ3) is 7.46. The molecule has 8 heteroatoms. The quantitative estimate of drug-likeness (QED) is 0.246. The van der Waals surface area contributed by atoms with Crippen molar-refractivity contribution in [2.45, 2.75) is 83.5 Å². The minimum Gasteiger partial charge on any atom is -0.447 e. The Morgan fingerprint density at radius 2 is 1.82 bits per heavy atom. The number of primary amides is 1. The molecule has 8 nitrogen and oxygen atoms in total. The Morgan fingerprint density at radius 3 is 2.51 bits per heavy atom. The Labute approximate surface area is 231 Å². The topological polar surface area (TPSA) is 119 Å². The maximum Gasteiger partial charge on any atom is 0.421 e. The zero-order valence-corrected chi connectivity index (χ0v) is 22.9. The van der Waals surface area contributed by atoms with Crippen molar-refractivity contribution >= 4 is 29.3 Å². The molecule has 1 aliphatic heterocycles. The first-order valence-electron chi connectivity index (χ1n) is 14.3. The molecule has 2 fully saturated rings. The number of unbranched alkanes of at least 4 members (excludes halogenated alkanes) is 1. The van der Waals surface area contributed by atoms with Gasteiger partial charge in [-0.1, -0.05) is 62.9 Å². The average molecular weight is 537 g/mol. The number of hydrogen-bond acceptors (Lipinski definition) is 6. The van der Waals surface area contributed by atoms with Gasteiger partial charge in [-0.25, -0.2) is 9.59 Å². The number of aliphatic hydroxyl groups is 1. The lowest BCUT2D eigenvalue weighted by Crippen LogP contribution is -2.62. The summed E-state index contributed by atoms with van der Waals surface area (Å²) in [4.78, 5) is 40.2. The van der Waals surface area contributed by atoms with Gasteiger partial charge in [0.25, 0.3) is 0 Å². The first kappa shape index (κ1) is 28.8. The van der Waals surface area contributed by atoms with Gasteiger partial charge < -0.3 is 20.9 Å². The van der Waals surface area contributed by atoms with E-state index in [9.17, 15) is 19.5 Å². The highest BCUT2D eigenvalue weighted by molar-refractivity contribution is 5.87. The van der Waals surface area contributed by atoms with Gasteiger partial charge in [0.15, 0.2) is 0 Å². The normalized spacial score (nSPS) is 22.9. The number of anilines is 2. The minimum absolute atomic E-state index is 0.0805. The number of carbonyl (C=O) groups excluding carboxylic acids is 3. The standard InChI is InChI=1S/C31H41N3O5/c1-2-3-14-27(35)26(20-22-16-17-22)30(37)39-28-15-7-8-18-34(29(28)36,31(32)38)21-23-10-9-13-25(19-23)33-24-11-5-4-6-12-24/h4-6,9-13,19,22,26-28,33,35H,2-3,7-8,14-18,20-21H2,1H3,(H-,32,38)/p+1. The molecule has 1 heterocycles. The smallest absolute Gasteiger partial charge is 0.421 e. The molecule has 39 heavy (non-hydrogen) atoms. The van der Waals surface area contributed by atoms with Crippen LogP contribution in [0, 0.1) is 11.8 Å². The predicted molar refractivity (Wildman–Crippen MR) is 150 cm³/mol. The number of nitrogens with zero attached hydrogens (tertiary/aromatic N) is 1. The van der Waals surface area contributed by atoms with E-state index in [1.54, 1.807) is 0 Å². The number of para-hydroxylation sites is 1. The Balaban J connectivity index is 1.52. The number of rotatable bonds is 12. The summed E-state index contributed by atoms with van der Waals surface area (Å²) in [7, 11) is 0. The fraction of sp³-hybridized carbons (Fsp3) is 0.516. The van der Waals surface area contributed by atoms with Crippen molar-refractivity contribution in [3.05, 3.63) is 60.2 Å². The van der Waals surface area contributed by atoms with Gasteiger partial charge in [-0.05, 0) is 62.3 Å². The molecule has 1 saturated carbocycles. The van der Waals surface area contributed by atoms with Crippen molar-refractivity contribution < 1.29 is 28.7 Å². The number of imide groups is 1. The number of nitrogens with two attached hydrogens (primary N) is 1. The number of urea groups is 1. The van der Waals surface area contributed by atoms with Gasteiger partial charge in [0.05, 0.1) is 18.6 Å². The number of nitrogens with one attached hydrogen (secondary N) is 1. The molecule has 2 aromatic carbocycles. The van der Waals surface area contributed by atoms with Crippen molar-refractivity contribution in [2.75, 3.05) is 11.9 Å². The van der Waals surface area contributed by atoms with Crippen LogP contribution >= 0.6 is 0 Å². The maximum atomic E-state index is 13.9. The number of ether oxygens (including phenoxy) is 1. The number of quaternary nitrogens is 1. The largest absolute Gasteiger partial charge is 0.447 e. The summed E-state index contributed by atoms with van der Waals surface area (Å²) in [5, 5.41) is 14.1. The van der Waals surface area contributed by atoms with E-state index < -0.39 is 40.5 Å². The van der Waals surface area contributed by atoms with Crippen LogP contribution in [0.1, 0.15) is 70.3 Å². The summed E-state index contributed by atoms with van der Waals surface area (Å²) >= 11 is 0. The van der Waals surface area contributed by atoms with Crippen LogP contribution in [0.25, 0.3) is 0 Å². The van der Waals surface area contributed by atoms with E-state index in [1.165, 1.54) is 0 Å². The van der Waals surface area contributed by atoms with Crippen molar-refractivity contribution in [1.82, 2.24) is 0 Å². The molecule has 4 unspecified atom stereocenters. The Bertz CT molecular complexity index is 1140. The van der Waals surface area contributed by atoms with Crippen LogP contribution < -0.4 is 11.1 Å². The molecule has 4 atom stereocenters. The predicted octanol–water partition coefficient (Wildman–Crippen LogP) is 5.42. The van der Waals surface area contributed by atoms with E-state index >= 15 is 0 Å². The number of esters is 1. The molecular formula is C31H42N3O5+. The lowest BCUT2D eigenvalue weighted by atomic mass is 9.92. The minimum atomic E-state index is -1.07. The molecule has 0 spiro atoms. The van der Waals surface area contributed by atoms with Gasteiger partial charge in [0.1, 0.15) is 6.54 Å². The second-order valence-corrected chi connectivity index (χ2v) is 11.1. The summed E-state index contributed by atoms with van der Waals surface area (Å²) in [5.41, 5.74) is 8.45. The second-order valence-electron chi connectivity index (χ2n) is 11.1. The van der Waals surface area contributed by atoms with Gasteiger partial charge in [-0.3, -0.25) is 4.79 Å². The zero-order chi connectivity index (χ0) is 27.8. The zero-order valence-electron chi connectivity index (χ0n) is 22.9. The van der Waals surface area contributed by atoms with Crippen molar-refractivity contribution in [3.8, 4) is 0 Å². The lowest BCUT2D eigenvalue weighted by Gasteiger charge is -2.32. The van der Waals surface area contributed by atoms with Crippen LogP contribution in [0.5, 0.6) is 0 Å². The molecule has 1 saturated heterocycles. The number of likely N-dealkylation sites (tertiary alicyclic amines) is 1. The average Bonchev–Trinajstić information content (AvgIpc) is 3.76. The summed E-state index contributed by atoms with van der Waals surface area (Å²) in [5.74, 6) is -1.26. The highest BCUT2D eigenvalue weighted by Gasteiger charge is 2.50. The third-order valence-corrected chi connectivity index (χ3v) is 7.98. The van der Waals surface area contributed by atoms with Crippen LogP contribution in [-0.2, 0) is 20.9 Å². The fourth-order valence-corrected chi connectivity index (χ4v) is 5.50. The molecule has 0 bridgehead atoms. The summed E-state index contributed by atoms with van der Waals surface area (Å²) in [6.45, 7) is 2.38. The van der Waals surface area contributed by atoms with Crippen molar-refractivity contribution in [3.63, 3.8) is 0 Å². The first-order chi connectivity index (χ1) is 18.8. The SMILES string of the molecule is CCCCC(O)C(CC1CC1)C(=O)OC1CCCC[N+](Cc2cccc(Nc3ccccc3)c2)(C(N)=O)C1=O. The van der Waals surface area contributed by atoms with Gasteiger partial charge in [-0.2, -0.15) is 4.48 Å².